The maximum atomic E-state index is 5.80. The van der Waals surface area contributed by atoms with Gasteiger partial charge in [-0.25, -0.2) is 0 Å². The van der Waals surface area contributed by atoms with Gasteiger partial charge in [0, 0.05) is 12.6 Å². The van der Waals surface area contributed by atoms with Crippen LogP contribution in [0.15, 0.2) is 24.3 Å². The largest absolute Gasteiger partial charge is 0.494 e. The molecular weight excluding hydrogens is 262 g/mol. The molecule has 0 spiro atoms. The second kappa shape index (κ2) is 9.06. The van der Waals surface area contributed by atoms with E-state index in [0.717, 1.165) is 44.8 Å². The SMILES string of the molecule is CCCNC(CC1CCCO1)c1ccc(OCCC)cc1. The van der Waals surface area contributed by atoms with Crippen LogP contribution in [-0.2, 0) is 4.74 Å². The molecule has 3 nitrogen and oxygen atoms in total. The van der Waals surface area contributed by atoms with Gasteiger partial charge in [-0.05, 0) is 56.3 Å². The van der Waals surface area contributed by atoms with Crippen molar-refractivity contribution in [3.8, 4) is 5.75 Å². The fourth-order valence-electron chi connectivity index (χ4n) is 2.77. The number of hydrogen-bond acceptors (Lipinski definition) is 3. The lowest BCUT2D eigenvalue weighted by Gasteiger charge is -2.22. The predicted molar refractivity (Wildman–Crippen MR) is 86.9 cm³/mol. The van der Waals surface area contributed by atoms with Crippen molar-refractivity contribution in [2.45, 2.75) is 58.1 Å². The van der Waals surface area contributed by atoms with Crippen LogP contribution in [0.1, 0.15) is 57.6 Å². The fraction of sp³-hybridized carbons (Fsp3) is 0.667. The summed E-state index contributed by atoms with van der Waals surface area (Å²) in [5.41, 5.74) is 1.34. The lowest BCUT2D eigenvalue weighted by Crippen LogP contribution is -2.26. The lowest BCUT2D eigenvalue weighted by atomic mass is 9.99. The smallest absolute Gasteiger partial charge is 0.119 e. The molecule has 0 radical (unpaired) electrons. The molecule has 0 bridgehead atoms. The van der Waals surface area contributed by atoms with E-state index in [1.54, 1.807) is 0 Å². The van der Waals surface area contributed by atoms with Crippen molar-refractivity contribution in [1.82, 2.24) is 5.32 Å². The van der Waals surface area contributed by atoms with Crippen LogP contribution < -0.4 is 10.1 Å². The minimum atomic E-state index is 0.383. The Bertz CT molecular complexity index is 385. The number of benzene rings is 1. The summed E-state index contributed by atoms with van der Waals surface area (Å²) in [5, 5.41) is 3.65. The van der Waals surface area contributed by atoms with Gasteiger partial charge in [0.1, 0.15) is 5.75 Å². The molecule has 21 heavy (non-hydrogen) atoms. The Morgan fingerprint density at radius 2 is 2.05 bits per heavy atom. The Morgan fingerprint density at radius 3 is 2.67 bits per heavy atom. The van der Waals surface area contributed by atoms with Crippen molar-refractivity contribution >= 4 is 0 Å². The first-order valence-electron chi connectivity index (χ1n) is 8.41. The highest BCUT2D eigenvalue weighted by Gasteiger charge is 2.21. The summed E-state index contributed by atoms with van der Waals surface area (Å²) in [7, 11) is 0. The Labute approximate surface area is 129 Å². The average molecular weight is 291 g/mol. The Balaban J connectivity index is 1.97. The third kappa shape index (κ3) is 5.33. The van der Waals surface area contributed by atoms with Gasteiger partial charge < -0.3 is 14.8 Å². The summed E-state index contributed by atoms with van der Waals surface area (Å²) in [5.74, 6) is 0.965. The number of rotatable bonds is 9. The maximum Gasteiger partial charge on any atom is 0.119 e. The number of ether oxygens (including phenoxy) is 2. The molecule has 1 N–H and O–H groups in total. The molecular formula is C18H29NO2. The molecule has 2 unspecified atom stereocenters. The van der Waals surface area contributed by atoms with Gasteiger partial charge in [-0.3, -0.25) is 0 Å². The molecule has 1 fully saturated rings. The standard InChI is InChI=1S/C18H29NO2/c1-3-11-19-18(14-17-6-5-13-21-17)15-7-9-16(10-8-15)20-12-4-2/h7-10,17-19H,3-6,11-14H2,1-2H3. The molecule has 0 aromatic heterocycles. The van der Waals surface area contributed by atoms with Gasteiger partial charge in [-0.2, -0.15) is 0 Å². The Morgan fingerprint density at radius 1 is 1.24 bits per heavy atom. The zero-order valence-corrected chi connectivity index (χ0v) is 13.4. The molecule has 1 saturated heterocycles. The molecule has 1 heterocycles. The van der Waals surface area contributed by atoms with Gasteiger partial charge in [-0.15, -0.1) is 0 Å². The van der Waals surface area contributed by atoms with Crippen LogP contribution in [0, 0.1) is 0 Å². The van der Waals surface area contributed by atoms with Crippen LogP contribution in [0.3, 0.4) is 0 Å². The van der Waals surface area contributed by atoms with E-state index in [-0.39, 0.29) is 0 Å². The zero-order valence-electron chi connectivity index (χ0n) is 13.4. The third-order valence-electron chi connectivity index (χ3n) is 3.92. The van der Waals surface area contributed by atoms with Crippen molar-refractivity contribution in [2.75, 3.05) is 19.8 Å². The molecule has 3 heteroatoms. The molecule has 2 atom stereocenters. The number of hydrogen-bond donors (Lipinski definition) is 1. The van der Waals surface area contributed by atoms with E-state index in [0.29, 0.717) is 12.1 Å². The zero-order chi connectivity index (χ0) is 14.9. The van der Waals surface area contributed by atoms with E-state index in [1.807, 2.05) is 0 Å². The first-order chi connectivity index (χ1) is 10.3. The molecule has 0 saturated carbocycles. The normalized spacial score (nSPS) is 19.6. The average Bonchev–Trinajstić information content (AvgIpc) is 3.03. The summed E-state index contributed by atoms with van der Waals surface area (Å²) >= 11 is 0. The number of nitrogens with one attached hydrogen (secondary N) is 1. The van der Waals surface area contributed by atoms with Crippen LogP contribution in [0.5, 0.6) is 5.75 Å². The van der Waals surface area contributed by atoms with Gasteiger partial charge in [0.2, 0.25) is 0 Å². The van der Waals surface area contributed by atoms with E-state index < -0.39 is 0 Å². The molecule has 118 valence electrons. The monoisotopic (exact) mass is 291 g/mol. The van der Waals surface area contributed by atoms with E-state index in [1.165, 1.54) is 18.4 Å². The van der Waals surface area contributed by atoms with Crippen LogP contribution in [0.25, 0.3) is 0 Å². The second-order valence-electron chi connectivity index (χ2n) is 5.79. The second-order valence-corrected chi connectivity index (χ2v) is 5.79. The maximum absolute atomic E-state index is 5.80. The third-order valence-corrected chi connectivity index (χ3v) is 3.92. The van der Waals surface area contributed by atoms with Crippen molar-refractivity contribution < 1.29 is 9.47 Å². The quantitative estimate of drug-likeness (QED) is 0.743. The van der Waals surface area contributed by atoms with Gasteiger partial charge in [0.25, 0.3) is 0 Å². The minimum absolute atomic E-state index is 0.383. The minimum Gasteiger partial charge on any atom is -0.494 e. The van der Waals surface area contributed by atoms with E-state index >= 15 is 0 Å². The topological polar surface area (TPSA) is 30.5 Å². The highest BCUT2D eigenvalue weighted by molar-refractivity contribution is 5.29. The van der Waals surface area contributed by atoms with Crippen molar-refractivity contribution in [1.29, 1.82) is 0 Å². The molecule has 1 aliphatic heterocycles. The van der Waals surface area contributed by atoms with Gasteiger partial charge in [-0.1, -0.05) is 26.0 Å². The molecule has 1 aromatic carbocycles. The van der Waals surface area contributed by atoms with Crippen molar-refractivity contribution in [3.63, 3.8) is 0 Å². The van der Waals surface area contributed by atoms with Crippen LogP contribution in [0.2, 0.25) is 0 Å². The lowest BCUT2D eigenvalue weighted by molar-refractivity contribution is 0.0945. The molecule has 0 amide bonds. The molecule has 1 aliphatic rings. The van der Waals surface area contributed by atoms with Crippen LogP contribution >= 0.6 is 0 Å². The van der Waals surface area contributed by atoms with Crippen molar-refractivity contribution in [2.24, 2.45) is 0 Å². The van der Waals surface area contributed by atoms with E-state index in [4.69, 9.17) is 9.47 Å². The van der Waals surface area contributed by atoms with Gasteiger partial charge in [0.05, 0.1) is 12.7 Å². The first-order valence-corrected chi connectivity index (χ1v) is 8.41. The predicted octanol–water partition coefficient (Wildman–Crippen LogP) is 4.09. The van der Waals surface area contributed by atoms with E-state index in [9.17, 15) is 0 Å². The summed E-state index contributed by atoms with van der Waals surface area (Å²) in [6.07, 6.45) is 6.07. The van der Waals surface area contributed by atoms with E-state index in [2.05, 4.69) is 43.4 Å². The van der Waals surface area contributed by atoms with Crippen LogP contribution in [0.4, 0.5) is 0 Å². The summed E-state index contributed by atoms with van der Waals surface area (Å²) in [4.78, 5) is 0. The van der Waals surface area contributed by atoms with Crippen LogP contribution in [-0.4, -0.2) is 25.9 Å². The summed E-state index contributed by atoms with van der Waals surface area (Å²) < 4.78 is 11.5. The highest BCUT2D eigenvalue weighted by atomic mass is 16.5. The van der Waals surface area contributed by atoms with Crippen molar-refractivity contribution in [3.05, 3.63) is 29.8 Å². The highest BCUT2D eigenvalue weighted by Crippen LogP contribution is 2.26. The Hall–Kier alpha value is -1.06. The summed E-state index contributed by atoms with van der Waals surface area (Å²) in [6.45, 7) is 7.09. The van der Waals surface area contributed by atoms with Gasteiger partial charge >= 0.3 is 0 Å². The molecule has 0 aliphatic carbocycles. The van der Waals surface area contributed by atoms with Gasteiger partial charge in [0.15, 0.2) is 0 Å². The summed E-state index contributed by atoms with van der Waals surface area (Å²) in [6, 6.07) is 8.93. The molecule has 1 aromatic rings. The Kier molecular flexibility index (Phi) is 7.04. The molecule has 2 rings (SSSR count). The fourth-order valence-corrected chi connectivity index (χ4v) is 2.77. The first kappa shape index (κ1) is 16.3.